The summed E-state index contributed by atoms with van der Waals surface area (Å²) in [6.07, 6.45) is 0.683. The lowest BCUT2D eigenvalue weighted by Gasteiger charge is -2.51. The number of ether oxygens (including phenoxy) is 3. The van der Waals surface area contributed by atoms with E-state index in [1.807, 2.05) is 6.07 Å². The van der Waals surface area contributed by atoms with Gasteiger partial charge in [0, 0.05) is 63.8 Å². The lowest BCUT2D eigenvalue weighted by Crippen LogP contribution is -2.58. The van der Waals surface area contributed by atoms with Crippen LogP contribution in [0.2, 0.25) is 0 Å². The molecule has 7 nitrogen and oxygen atoms in total. The number of nitrogens with two attached hydrogens (primary N) is 1. The number of hydrogen-bond donors (Lipinski definition) is 1. The maximum Gasteiger partial charge on any atom is 0.218 e. The van der Waals surface area contributed by atoms with Gasteiger partial charge >= 0.3 is 0 Å². The van der Waals surface area contributed by atoms with Gasteiger partial charge in [-0.15, -0.1) is 0 Å². The normalized spacial score (nSPS) is 27.6. The van der Waals surface area contributed by atoms with Crippen molar-refractivity contribution < 1.29 is 14.2 Å². The van der Waals surface area contributed by atoms with Gasteiger partial charge in [0.25, 0.3) is 0 Å². The van der Waals surface area contributed by atoms with E-state index in [9.17, 15) is 5.26 Å². The van der Waals surface area contributed by atoms with Crippen molar-refractivity contribution in [2.45, 2.75) is 24.7 Å². The number of fused-ring (bicyclic) bond motifs is 1. The third-order valence-corrected chi connectivity index (χ3v) is 7.40. The van der Waals surface area contributed by atoms with Crippen LogP contribution in [-0.2, 0) is 20.8 Å². The SMILES string of the molecule is CO[C@@]12CCN(Cc3ccccc3)C[C@H]1[C@H](c1ccc(N3CCOCC3)cc1)C(C#N)=C(N)O2. The fraction of sp³-hybridized carbons (Fsp3) is 0.444. The smallest absolute Gasteiger partial charge is 0.218 e. The first-order valence-electron chi connectivity index (χ1n) is 12.0. The van der Waals surface area contributed by atoms with Crippen molar-refractivity contribution in [1.82, 2.24) is 4.90 Å². The lowest BCUT2D eigenvalue weighted by molar-refractivity contribution is -0.266. The Balaban J connectivity index is 1.46. The van der Waals surface area contributed by atoms with E-state index in [0.29, 0.717) is 12.0 Å². The second kappa shape index (κ2) is 9.67. The molecule has 0 aromatic heterocycles. The van der Waals surface area contributed by atoms with Crippen LogP contribution in [0.3, 0.4) is 0 Å². The fourth-order valence-electron chi connectivity index (χ4n) is 5.61. The Morgan fingerprint density at radius 2 is 1.82 bits per heavy atom. The summed E-state index contributed by atoms with van der Waals surface area (Å²) in [5.74, 6) is -0.924. The molecule has 0 spiro atoms. The summed E-state index contributed by atoms with van der Waals surface area (Å²) in [4.78, 5) is 4.75. The number of piperidine rings is 1. The van der Waals surface area contributed by atoms with Crippen molar-refractivity contribution in [1.29, 1.82) is 5.26 Å². The minimum atomic E-state index is -0.842. The molecule has 0 saturated carbocycles. The first-order valence-corrected chi connectivity index (χ1v) is 12.0. The summed E-state index contributed by atoms with van der Waals surface area (Å²) < 4.78 is 17.7. The van der Waals surface area contributed by atoms with Crippen LogP contribution in [0.5, 0.6) is 0 Å². The van der Waals surface area contributed by atoms with E-state index in [0.717, 1.165) is 51.5 Å². The molecule has 7 heteroatoms. The van der Waals surface area contributed by atoms with Crippen LogP contribution in [0.15, 0.2) is 66.1 Å². The average molecular weight is 461 g/mol. The second-order valence-electron chi connectivity index (χ2n) is 9.25. The van der Waals surface area contributed by atoms with Crippen molar-refractivity contribution in [2.24, 2.45) is 11.7 Å². The molecule has 3 aliphatic heterocycles. The molecule has 3 aliphatic rings. The summed E-state index contributed by atoms with van der Waals surface area (Å²) in [7, 11) is 1.68. The Labute approximate surface area is 201 Å². The highest BCUT2D eigenvalue weighted by molar-refractivity contribution is 5.51. The summed E-state index contributed by atoms with van der Waals surface area (Å²) in [6.45, 7) is 5.69. The molecule has 0 aliphatic carbocycles. The second-order valence-corrected chi connectivity index (χ2v) is 9.25. The van der Waals surface area contributed by atoms with Crippen LogP contribution in [0.25, 0.3) is 0 Å². The number of hydrogen-bond acceptors (Lipinski definition) is 7. The molecule has 34 heavy (non-hydrogen) atoms. The van der Waals surface area contributed by atoms with Crippen molar-refractivity contribution in [3.05, 3.63) is 77.2 Å². The van der Waals surface area contributed by atoms with Crippen LogP contribution in [-0.4, -0.2) is 57.2 Å². The van der Waals surface area contributed by atoms with Crippen LogP contribution in [0, 0.1) is 17.2 Å². The maximum absolute atomic E-state index is 10.1. The average Bonchev–Trinajstić information content (AvgIpc) is 2.89. The highest BCUT2D eigenvalue weighted by Gasteiger charge is 2.54. The zero-order chi connectivity index (χ0) is 23.5. The molecule has 2 aromatic rings. The Morgan fingerprint density at radius 3 is 2.50 bits per heavy atom. The molecule has 2 N–H and O–H groups in total. The van der Waals surface area contributed by atoms with Crippen LogP contribution < -0.4 is 10.6 Å². The number of benzene rings is 2. The first kappa shape index (κ1) is 22.7. The van der Waals surface area contributed by atoms with Gasteiger partial charge in [-0.1, -0.05) is 42.5 Å². The molecule has 2 fully saturated rings. The zero-order valence-corrected chi connectivity index (χ0v) is 19.7. The van der Waals surface area contributed by atoms with Gasteiger partial charge in [0.15, 0.2) is 0 Å². The van der Waals surface area contributed by atoms with Gasteiger partial charge in [-0.05, 0) is 23.3 Å². The maximum atomic E-state index is 10.1. The van der Waals surface area contributed by atoms with Gasteiger partial charge in [0.1, 0.15) is 6.07 Å². The number of anilines is 1. The Morgan fingerprint density at radius 1 is 1.09 bits per heavy atom. The number of morpholine rings is 1. The van der Waals surface area contributed by atoms with E-state index < -0.39 is 5.79 Å². The minimum absolute atomic E-state index is 0.0638. The third kappa shape index (κ3) is 4.25. The monoisotopic (exact) mass is 460 g/mol. The summed E-state index contributed by atoms with van der Waals surface area (Å²) in [5.41, 5.74) is 10.3. The predicted octanol–water partition coefficient (Wildman–Crippen LogP) is 3.20. The Kier molecular flexibility index (Phi) is 6.46. The lowest BCUT2D eigenvalue weighted by atomic mass is 9.72. The molecule has 2 saturated heterocycles. The van der Waals surface area contributed by atoms with Gasteiger partial charge < -0.3 is 24.8 Å². The molecular weight excluding hydrogens is 428 g/mol. The van der Waals surface area contributed by atoms with E-state index in [1.165, 1.54) is 11.3 Å². The topological polar surface area (TPSA) is 84.0 Å². The molecule has 0 bridgehead atoms. The highest BCUT2D eigenvalue weighted by Crippen LogP contribution is 2.49. The molecule has 0 unspecified atom stereocenters. The quantitative estimate of drug-likeness (QED) is 0.734. The van der Waals surface area contributed by atoms with E-state index in [-0.39, 0.29) is 17.7 Å². The molecule has 178 valence electrons. The van der Waals surface area contributed by atoms with Gasteiger partial charge in [-0.25, -0.2) is 0 Å². The molecule has 0 amide bonds. The van der Waals surface area contributed by atoms with E-state index in [2.05, 4.69) is 64.4 Å². The number of methoxy groups -OCH3 is 1. The summed E-state index contributed by atoms with van der Waals surface area (Å²) in [6, 6.07) is 21.3. The zero-order valence-electron chi connectivity index (χ0n) is 19.7. The van der Waals surface area contributed by atoms with Gasteiger partial charge in [0.05, 0.1) is 18.8 Å². The number of nitriles is 1. The molecule has 0 radical (unpaired) electrons. The fourth-order valence-corrected chi connectivity index (χ4v) is 5.61. The highest BCUT2D eigenvalue weighted by atomic mass is 16.7. The Bertz CT molecular complexity index is 1060. The molecular formula is C27H32N4O3. The predicted molar refractivity (Wildman–Crippen MR) is 130 cm³/mol. The van der Waals surface area contributed by atoms with Crippen LogP contribution >= 0.6 is 0 Å². The van der Waals surface area contributed by atoms with Gasteiger partial charge in [-0.3, -0.25) is 4.90 Å². The van der Waals surface area contributed by atoms with Gasteiger partial charge in [0.2, 0.25) is 11.7 Å². The third-order valence-electron chi connectivity index (χ3n) is 7.40. The standard InChI is InChI=1S/C27H32N4O3/c1-32-27-11-12-30(18-20-5-3-2-4-6-20)19-24(27)25(23(17-28)26(29)34-27)21-7-9-22(10-8-21)31-13-15-33-16-14-31/h2-10,24-25H,11-16,18-19,29H2,1H3/t24-,25+,27+/m0/s1. The van der Waals surface area contributed by atoms with Crippen LogP contribution in [0.1, 0.15) is 23.5 Å². The summed E-state index contributed by atoms with van der Waals surface area (Å²) >= 11 is 0. The van der Waals surface area contributed by atoms with Crippen LogP contribution in [0.4, 0.5) is 5.69 Å². The van der Waals surface area contributed by atoms with E-state index >= 15 is 0 Å². The van der Waals surface area contributed by atoms with Crippen molar-refractivity contribution in [3.63, 3.8) is 0 Å². The minimum Gasteiger partial charge on any atom is -0.446 e. The largest absolute Gasteiger partial charge is 0.446 e. The first-order chi connectivity index (χ1) is 16.6. The molecule has 2 aromatic carbocycles. The molecule has 3 atom stereocenters. The van der Waals surface area contributed by atoms with E-state index in [1.54, 1.807) is 7.11 Å². The summed E-state index contributed by atoms with van der Waals surface area (Å²) in [5, 5.41) is 10.1. The molecule has 5 rings (SSSR count). The number of likely N-dealkylation sites (tertiary alicyclic amines) is 1. The number of allylic oxidation sites excluding steroid dienone is 1. The number of nitrogens with zero attached hydrogens (tertiary/aromatic N) is 3. The molecule has 3 heterocycles. The van der Waals surface area contributed by atoms with E-state index in [4.69, 9.17) is 19.9 Å². The van der Waals surface area contributed by atoms with Gasteiger partial charge in [-0.2, -0.15) is 5.26 Å². The number of rotatable bonds is 5. The van der Waals surface area contributed by atoms with Crippen molar-refractivity contribution in [2.75, 3.05) is 51.4 Å². The van der Waals surface area contributed by atoms with Crippen molar-refractivity contribution in [3.8, 4) is 6.07 Å². The van der Waals surface area contributed by atoms with Crippen molar-refractivity contribution >= 4 is 5.69 Å². The Hall–Kier alpha value is -3.05.